The Hall–Kier alpha value is -2.56. The zero-order valence-electron chi connectivity index (χ0n) is 17.0. The number of halogens is 2. The van der Waals surface area contributed by atoms with Crippen molar-refractivity contribution >= 4 is 28.9 Å². The SMILES string of the molecule is CC(C)(C)C1CC(=NO)c2cc(-c3ccc(Cl)cc3)c(-c3ccccc3Cl)nc2O1. The van der Waals surface area contributed by atoms with E-state index in [9.17, 15) is 5.21 Å². The Morgan fingerprint density at radius 1 is 1.00 bits per heavy atom. The molecule has 2 heterocycles. The quantitative estimate of drug-likeness (QED) is 0.341. The minimum Gasteiger partial charge on any atom is -0.473 e. The third-order valence-corrected chi connectivity index (χ3v) is 5.88. The molecular formula is C24H22Cl2N2O2. The number of fused-ring (bicyclic) bond motifs is 1. The van der Waals surface area contributed by atoms with Crippen LogP contribution in [0.5, 0.6) is 5.88 Å². The van der Waals surface area contributed by atoms with Gasteiger partial charge in [0.2, 0.25) is 5.88 Å². The summed E-state index contributed by atoms with van der Waals surface area (Å²) in [7, 11) is 0. The molecule has 0 bridgehead atoms. The summed E-state index contributed by atoms with van der Waals surface area (Å²) in [5.41, 5.74) is 4.39. The fourth-order valence-electron chi connectivity index (χ4n) is 3.54. The van der Waals surface area contributed by atoms with Crippen molar-refractivity contribution in [3.05, 3.63) is 70.2 Å². The highest BCUT2D eigenvalue weighted by Crippen LogP contribution is 2.41. The second-order valence-electron chi connectivity index (χ2n) is 8.45. The maximum atomic E-state index is 9.72. The lowest BCUT2D eigenvalue weighted by Crippen LogP contribution is -2.38. The summed E-state index contributed by atoms with van der Waals surface area (Å²) in [5, 5.41) is 14.5. The topological polar surface area (TPSA) is 54.7 Å². The van der Waals surface area contributed by atoms with E-state index >= 15 is 0 Å². The molecule has 1 aliphatic rings. The van der Waals surface area contributed by atoms with E-state index in [0.29, 0.717) is 39.3 Å². The maximum Gasteiger partial charge on any atom is 0.223 e. The van der Waals surface area contributed by atoms with Crippen LogP contribution in [0.1, 0.15) is 32.8 Å². The third-order valence-electron chi connectivity index (χ3n) is 5.30. The number of hydrogen-bond acceptors (Lipinski definition) is 4. The highest BCUT2D eigenvalue weighted by atomic mass is 35.5. The van der Waals surface area contributed by atoms with Gasteiger partial charge in [0.25, 0.3) is 0 Å². The van der Waals surface area contributed by atoms with Crippen molar-refractivity contribution in [2.45, 2.75) is 33.3 Å². The van der Waals surface area contributed by atoms with Crippen LogP contribution in [-0.4, -0.2) is 22.0 Å². The van der Waals surface area contributed by atoms with Crippen molar-refractivity contribution in [1.29, 1.82) is 0 Å². The number of aromatic nitrogens is 1. The highest BCUT2D eigenvalue weighted by molar-refractivity contribution is 6.33. The molecule has 0 radical (unpaired) electrons. The molecule has 0 fully saturated rings. The number of hydrogen-bond donors (Lipinski definition) is 1. The van der Waals surface area contributed by atoms with Crippen LogP contribution >= 0.6 is 23.2 Å². The standard InChI is InChI=1S/C24H22Cl2N2O2/c1-24(2,3)21-13-20(28-29)18-12-17(14-8-10-15(25)11-9-14)22(27-23(18)30-21)16-6-4-5-7-19(16)26/h4-12,21,29H,13H2,1-3H3. The molecular weight excluding hydrogens is 419 g/mol. The molecule has 1 atom stereocenters. The first-order valence-corrected chi connectivity index (χ1v) is 10.5. The summed E-state index contributed by atoms with van der Waals surface area (Å²) in [5.74, 6) is 0.446. The lowest BCUT2D eigenvalue weighted by Gasteiger charge is -2.35. The predicted octanol–water partition coefficient (Wildman–Crippen LogP) is 7.10. The van der Waals surface area contributed by atoms with E-state index in [-0.39, 0.29) is 11.5 Å². The van der Waals surface area contributed by atoms with Gasteiger partial charge >= 0.3 is 0 Å². The van der Waals surface area contributed by atoms with Crippen LogP contribution in [-0.2, 0) is 0 Å². The number of ether oxygens (including phenoxy) is 1. The molecule has 4 nitrogen and oxygen atoms in total. The number of pyridine rings is 1. The monoisotopic (exact) mass is 440 g/mol. The molecule has 1 aliphatic heterocycles. The largest absolute Gasteiger partial charge is 0.473 e. The van der Waals surface area contributed by atoms with Crippen molar-refractivity contribution in [3.63, 3.8) is 0 Å². The Labute approximate surface area is 186 Å². The number of benzene rings is 2. The summed E-state index contributed by atoms with van der Waals surface area (Å²) in [4.78, 5) is 4.87. The molecule has 1 N–H and O–H groups in total. The van der Waals surface area contributed by atoms with Crippen LogP contribution in [0, 0.1) is 5.41 Å². The van der Waals surface area contributed by atoms with Crippen LogP contribution in [0.2, 0.25) is 10.0 Å². The van der Waals surface area contributed by atoms with E-state index in [2.05, 4.69) is 25.9 Å². The number of nitrogens with zero attached hydrogens (tertiary/aromatic N) is 2. The molecule has 0 aliphatic carbocycles. The zero-order chi connectivity index (χ0) is 21.5. The molecule has 3 aromatic rings. The van der Waals surface area contributed by atoms with Gasteiger partial charge in [0.15, 0.2) is 0 Å². The lowest BCUT2D eigenvalue weighted by atomic mass is 9.83. The number of oxime groups is 1. The van der Waals surface area contributed by atoms with Gasteiger partial charge in [0.1, 0.15) is 6.10 Å². The molecule has 0 amide bonds. The van der Waals surface area contributed by atoms with E-state index < -0.39 is 0 Å². The van der Waals surface area contributed by atoms with Crippen LogP contribution in [0.25, 0.3) is 22.4 Å². The van der Waals surface area contributed by atoms with E-state index in [4.69, 9.17) is 32.9 Å². The van der Waals surface area contributed by atoms with Gasteiger partial charge in [-0.2, -0.15) is 0 Å². The number of rotatable bonds is 2. The molecule has 0 saturated carbocycles. The molecule has 0 spiro atoms. The fourth-order valence-corrected chi connectivity index (χ4v) is 3.89. The molecule has 4 rings (SSSR count). The Balaban J connectivity index is 1.97. The molecule has 1 unspecified atom stereocenters. The van der Waals surface area contributed by atoms with Gasteiger partial charge in [-0.3, -0.25) is 0 Å². The Bertz CT molecular complexity index is 1120. The maximum absolute atomic E-state index is 9.72. The summed E-state index contributed by atoms with van der Waals surface area (Å²) >= 11 is 12.6. The molecule has 30 heavy (non-hydrogen) atoms. The Kier molecular flexibility index (Phi) is 5.48. The lowest BCUT2D eigenvalue weighted by molar-refractivity contribution is 0.0823. The van der Waals surface area contributed by atoms with E-state index in [1.807, 2.05) is 54.6 Å². The summed E-state index contributed by atoms with van der Waals surface area (Å²) in [6.07, 6.45) is 0.337. The van der Waals surface area contributed by atoms with Gasteiger partial charge < -0.3 is 9.94 Å². The first kappa shape index (κ1) is 20.7. The minimum atomic E-state index is -0.163. The summed E-state index contributed by atoms with van der Waals surface area (Å²) in [6, 6.07) is 17.1. The first-order chi connectivity index (χ1) is 14.3. The second kappa shape index (κ2) is 7.93. The van der Waals surface area contributed by atoms with Gasteiger partial charge in [-0.15, -0.1) is 0 Å². The average molecular weight is 441 g/mol. The minimum absolute atomic E-state index is 0.144. The van der Waals surface area contributed by atoms with Crippen molar-refractivity contribution in [3.8, 4) is 28.3 Å². The Morgan fingerprint density at radius 3 is 2.33 bits per heavy atom. The average Bonchev–Trinajstić information content (AvgIpc) is 2.72. The summed E-state index contributed by atoms with van der Waals surface area (Å²) < 4.78 is 6.27. The normalized spacial score (nSPS) is 17.5. The fraction of sp³-hybridized carbons (Fsp3) is 0.250. The van der Waals surface area contributed by atoms with E-state index in [1.165, 1.54) is 0 Å². The van der Waals surface area contributed by atoms with Gasteiger partial charge in [-0.1, -0.05) is 79.5 Å². The first-order valence-electron chi connectivity index (χ1n) is 9.72. The van der Waals surface area contributed by atoms with Crippen LogP contribution < -0.4 is 4.74 Å². The molecule has 0 saturated heterocycles. The molecule has 2 aromatic carbocycles. The smallest absolute Gasteiger partial charge is 0.223 e. The van der Waals surface area contributed by atoms with Gasteiger partial charge in [0, 0.05) is 27.6 Å². The van der Waals surface area contributed by atoms with Gasteiger partial charge in [-0.05, 0) is 35.2 Å². The summed E-state index contributed by atoms with van der Waals surface area (Å²) in [6.45, 7) is 6.28. The van der Waals surface area contributed by atoms with Crippen molar-refractivity contribution in [1.82, 2.24) is 4.98 Å². The Morgan fingerprint density at radius 2 is 1.70 bits per heavy atom. The predicted molar refractivity (Wildman–Crippen MR) is 122 cm³/mol. The van der Waals surface area contributed by atoms with E-state index in [1.54, 1.807) is 0 Å². The van der Waals surface area contributed by atoms with Crippen molar-refractivity contribution in [2.24, 2.45) is 10.6 Å². The van der Waals surface area contributed by atoms with Crippen molar-refractivity contribution < 1.29 is 9.94 Å². The molecule has 154 valence electrons. The molecule has 1 aromatic heterocycles. The second-order valence-corrected chi connectivity index (χ2v) is 9.29. The van der Waals surface area contributed by atoms with Crippen LogP contribution in [0.15, 0.2) is 59.8 Å². The third kappa shape index (κ3) is 3.90. The zero-order valence-corrected chi connectivity index (χ0v) is 18.5. The molecule has 6 heteroatoms. The highest BCUT2D eigenvalue weighted by Gasteiger charge is 2.35. The van der Waals surface area contributed by atoms with Gasteiger partial charge in [-0.25, -0.2) is 4.98 Å². The van der Waals surface area contributed by atoms with Gasteiger partial charge in [0.05, 0.1) is 17.0 Å². The van der Waals surface area contributed by atoms with Crippen LogP contribution in [0.4, 0.5) is 0 Å². The van der Waals surface area contributed by atoms with Crippen molar-refractivity contribution in [2.75, 3.05) is 0 Å². The van der Waals surface area contributed by atoms with Crippen LogP contribution in [0.3, 0.4) is 0 Å². The van der Waals surface area contributed by atoms with E-state index in [0.717, 1.165) is 16.7 Å².